The molecule has 11 heteroatoms. The number of alkyl halides is 2. The Kier molecular flexibility index (Phi) is 6.05. The Morgan fingerprint density at radius 3 is 2.64 bits per heavy atom. The van der Waals surface area contributed by atoms with Crippen molar-refractivity contribution in [2.75, 3.05) is 5.32 Å². The molecule has 1 amide bonds. The number of anilines is 1. The van der Waals surface area contributed by atoms with E-state index >= 15 is 0 Å². The molecule has 0 bridgehead atoms. The van der Waals surface area contributed by atoms with Gasteiger partial charge in [-0.1, -0.05) is 24.3 Å². The van der Waals surface area contributed by atoms with Gasteiger partial charge in [-0.25, -0.2) is 18.4 Å². The number of hydrogen-bond donors (Lipinski definition) is 1. The molecule has 0 radical (unpaired) electrons. The van der Waals surface area contributed by atoms with Gasteiger partial charge in [0.25, 0.3) is 6.43 Å². The van der Waals surface area contributed by atoms with Crippen LogP contribution in [0, 0.1) is 13.8 Å². The van der Waals surface area contributed by atoms with Crippen LogP contribution in [-0.4, -0.2) is 40.2 Å². The highest BCUT2D eigenvalue weighted by Crippen LogP contribution is 2.33. The second-order valence-electron chi connectivity index (χ2n) is 8.64. The molecule has 4 aromatic heterocycles. The van der Waals surface area contributed by atoms with Crippen molar-refractivity contribution in [1.29, 1.82) is 0 Å². The molecule has 5 aromatic rings. The largest absolute Gasteiger partial charge is 0.322 e. The summed E-state index contributed by atoms with van der Waals surface area (Å²) in [5.74, 6) is -0.373. The molecule has 0 unspecified atom stereocenters. The van der Waals surface area contributed by atoms with E-state index in [-0.39, 0.29) is 29.0 Å². The molecular formula is C25H24F2N8O. The molecule has 0 saturated carbocycles. The first-order chi connectivity index (χ1) is 17.3. The van der Waals surface area contributed by atoms with Crippen LogP contribution in [0.5, 0.6) is 0 Å². The van der Waals surface area contributed by atoms with Gasteiger partial charge in [-0.3, -0.25) is 14.2 Å². The van der Waals surface area contributed by atoms with E-state index in [9.17, 15) is 13.6 Å². The number of aromatic nitrogens is 7. The van der Waals surface area contributed by atoms with Crippen molar-refractivity contribution in [2.24, 2.45) is 7.05 Å². The number of carbonyl (C=O) groups excluding carboxylic acids is 1. The lowest BCUT2D eigenvalue weighted by Crippen LogP contribution is -2.19. The monoisotopic (exact) mass is 490 g/mol. The summed E-state index contributed by atoms with van der Waals surface area (Å²) in [7, 11) is 1.73. The van der Waals surface area contributed by atoms with Crippen LogP contribution in [0.2, 0.25) is 0 Å². The van der Waals surface area contributed by atoms with Crippen LogP contribution in [0.3, 0.4) is 0 Å². The highest BCUT2D eigenvalue weighted by Gasteiger charge is 2.22. The standard InChI is InChI=1S/C25H24F2N8O/c1-15-6-4-5-7-17(15)12-34-13-19(10-29-34)30-22(36)14-35-25-23(16(2)32-35)20(24(26)27)8-21(31-25)18-9-28-33(3)11-18/h4-11,13,24H,12,14H2,1-3H3,(H,30,36). The number of fused-ring (bicyclic) bond motifs is 1. The molecule has 0 fully saturated rings. The average molecular weight is 491 g/mol. The van der Waals surface area contributed by atoms with Crippen LogP contribution in [0.1, 0.15) is 28.8 Å². The second-order valence-corrected chi connectivity index (χ2v) is 8.64. The van der Waals surface area contributed by atoms with Crippen molar-refractivity contribution in [3.05, 3.63) is 77.5 Å². The molecular weight excluding hydrogens is 466 g/mol. The van der Waals surface area contributed by atoms with Crippen LogP contribution in [0.25, 0.3) is 22.3 Å². The van der Waals surface area contributed by atoms with Crippen LogP contribution < -0.4 is 5.32 Å². The van der Waals surface area contributed by atoms with E-state index in [1.165, 1.54) is 10.7 Å². The van der Waals surface area contributed by atoms with Crippen LogP contribution in [-0.2, 0) is 24.9 Å². The number of halogens is 2. The Balaban J connectivity index is 1.39. The van der Waals surface area contributed by atoms with Crippen LogP contribution in [0.4, 0.5) is 14.5 Å². The normalized spacial score (nSPS) is 11.5. The van der Waals surface area contributed by atoms with Crippen molar-refractivity contribution in [3.8, 4) is 11.3 Å². The van der Waals surface area contributed by atoms with Gasteiger partial charge in [0.15, 0.2) is 5.65 Å². The number of carbonyl (C=O) groups is 1. The molecule has 0 aliphatic carbocycles. The molecule has 0 aliphatic rings. The van der Waals surface area contributed by atoms with E-state index in [4.69, 9.17) is 0 Å². The van der Waals surface area contributed by atoms with Crippen molar-refractivity contribution in [3.63, 3.8) is 0 Å². The zero-order valence-corrected chi connectivity index (χ0v) is 20.0. The second kappa shape index (κ2) is 9.33. The minimum absolute atomic E-state index is 0.180. The first kappa shape index (κ1) is 23.3. The number of amides is 1. The predicted octanol–water partition coefficient (Wildman–Crippen LogP) is 4.27. The van der Waals surface area contributed by atoms with Crippen LogP contribution >= 0.6 is 0 Å². The first-order valence-corrected chi connectivity index (χ1v) is 11.3. The maximum atomic E-state index is 13.9. The predicted molar refractivity (Wildman–Crippen MR) is 131 cm³/mol. The maximum Gasteiger partial charge on any atom is 0.264 e. The lowest BCUT2D eigenvalue weighted by Gasteiger charge is -2.08. The third-order valence-corrected chi connectivity index (χ3v) is 5.95. The number of pyridine rings is 1. The molecule has 9 nitrogen and oxygen atoms in total. The Bertz CT molecular complexity index is 1570. The van der Waals surface area contributed by atoms with Gasteiger partial charge in [-0.2, -0.15) is 15.3 Å². The minimum Gasteiger partial charge on any atom is -0.322 e. The minimum atomic E-state index is -2.73. The van der Waals surface area contributed by atoms with Gasteiger partial charge < -0.3 is 5.32 Å². The van der Waals surface area contributed by atoms with Crippen molar-refractivity contribution < 1.29 is 13.6 Å². The topological polar surface area (TPSA) is 95.5 Å². The summed E-state index contributed by atoms with van der Waals surface area (Å²) in [5, 5.41) is 15.8. The summed E-state index contributed by atoms with van der Waals surface area (Å²) in [6, 6.07) is 9.36. The Morgan fingerprint density at radius 1 is 1.11 bits per heavy atom. The molecule has 0 spiro atoms. The average Bonchev–Trinajstić information content (AvgIpc) is 3.54. The number of nitrogens with zero attached hydrogens (tertiary/aromatic N) is 7. The van der Waals surface area contributed by atoms with E-state index in [0.717, 1.165) is 11.1 Å². The molecule has 36 heavy (non-hydrogen) atoms. The Labute approximate surface area is 205 Å². The smallest absolute Gasteiger partial charge is 0.264 e. The highest BCUT2D eigenvalue weighted by atomic mass is 19.3. The fourth-order valence-electron chi connectivity index (χ4n) is 4.18. The van der Waals surface area contributed by atoms with Gasteiger partial charge in [-0.05, 0) is 31.0 Å². The first-order valence-electron chi connectivity index (χ1n) is 11.3. The quantitative estimate of drug-likeness (QED) is 0.368. The fraction of sp³-hybridized carbons (Fsp3) is 0.240. The molecule has 4 heterocycles. The summed E-state index contributed by atoms with van der Waals surface area (Å²) in [5.41, 5.74) is 4.16. The van der Waals surface area contributed by atoms with E-state index < -0.39 is 6.43 Å². The van der Waals surface area contributed by atoms with Gasteiger partial charge in [-0.15, -0.1) is 0 Å². The summed E-state index contributed by atoms with van der Waals surface area (Å²) in [4.78, 5) is 17.4. The zero-order chi connectivity index (χ0) is 25.4. The van der Waals surface area contributed by atoms with E-state index in [2.05, 4.69) is 25.6 Å². The van der Waals surface area contributed by atoms with Gasteiger partial charge in [0.2, 0.25) is 5.91 Å². The highest BCUT2D eigenvalue weighted by molar-refractivity contribution is 5.92. The van der Waals surface area contributed by atoms with Gasteiger partial charge >= 0.3 is 0 Å². The number of nitrogens with one attached hydrogen (secondary N) is 1. The Hall–Kier alpha value is -4.41. The van der Waals surface area contributed by atoms with E-state index in [0.29, 0.717) is 29.2 Å². The zero-order valence-electron chi connectivity index (χ0n) is 20.0. The third-order valence-electron chi connectivity index (χ3n) is 5.95. The summed E-state index contributed by atoms with van der Waals surface area (Å²) in [6.45, 7) is 4.04. The summed E-state index contributed by atoms with van der Waals surface area (Å²) < 4.78 is 32.5. The number of hydrogen-bond acceptors (Lipinski definition) is 5. The molecule has 5 rings (SSSR count). The van der Waals surface area contributed by atoms with Gasteiger partial charge in [0.05, 0.1) is 41.4 Å². The number of aryl methyl sites for hydroxylation is 3. The number of rotatable bonds is 7. The molecule has 184 valence electrons. The summed E-state index contributed by atoms with van der Waals surface area (Å²) >= 11 is 0. The molecule has 0 saturated heterocycles. The lowest BCUT2D eigenvalue weighted by atomic mass is 10.1. The molecule has 1 N–H and O–H groups in total. The summed E-state index contributed by atoms with van der Waals surface area (Å²) in [6.07, 6.45) is 3.83. The van der Waals surface area contributed by atoms with Gasteiger partial charge in [0.1, 0.15) is 6.54 Å². The molecule has 1 aromatic carbocycles. The lowest BCUT2D eigenvalue weighted by molar-refractivity contribution is -0.116. The third kappa shape index (κ3) is 4.59. The Morgan fingerprint density at radius 2 is 1.92 bits per heavy atom. The van der Waals surface area contributed by atoms with Gasteiger partial charge in [0, 0.05) is 30.6 Å². The van der Waals surface area contributed by atoms with Crippen molar-refractivity contribution in [1.82, 2.24) is 34.3 Å². The maximum absolute atomic E-state index is 13.9. The molecule has 0 atom stereocenters. The molecule has 0 aliphatic heterocycles. The SMILES string of the molecule is Cc1ccccc1Cn1cc(NC(=O)Cn2nc(C)c3c(C(F)F)cc(-c4cnn(C)c4)nc32)cn1. The van der Waals surface area contributed by atoms with Crippen LogP contribution in [0.15, 0.2) is 55.1 Å². The van der Waals surface area contributed by atoms with E-state index in [1.54, 1.807) is 48.1 Å². The van der Waals surface area contributed by atoms with E-state index in [1.807, 2.05) is 31.2 Å². The number of benzene rings is 1. The van der Waals surface area contributed by atoms with Crippen molar-refractivity contribution in [2.45, 2.75) is 33.4 Å². The fourth-order valence-corrected chi connectivity index (χ4v) is 4.18. The van der Waals surface area contributed by atoms with Crippen molar-refractivity contribution >= 4 is 22.6 Å².